The molecular weight excluding hydrogens is 303 g/mol. The highest BCUT2D eigenvalue weighted by atomic mass is 35.5. The van der Waals surface area contributed by atoms with Crippen molar-refractivity contribution in [3.63, 3.8) is 0 Å². The van der Waals surface area contributed by atoms with E-state index >= 15 is 0 Å². The molecule has 1 heterocycles. The molecule has 2 rings (SSSR count). The van der Waals surface area contributed by atoms with E-state index in [9.17, 15) is 13.2 Å². The first-order valence-corrected chi connectivity index (χ1v) is 6.94. The Bertz CT molecular complexity index is 608. The summed E-state index contributed by atoms with van der Waals surface area (Å²) in [6, 6.07) is 3.21. The van der Waals surface area contributed by atoms with Crippen molar-refractivity contribution < 1.29 is 13.2 Å². The summed E-state index contributed by atoms with van der Waals surface area (Å²) in [5, 5.41) is 2.97. The fourth-order valence-corrected chi connectivity index (χ4v) is 2.08. The first kappa shape index (κ1) is 15.7. The molecule has 0 radical (unpaired) electrons. The van der Waals surface area contributed by atoms with E-state index in [0.29, 0.717) is 11.6 Å². The van der Waals surface area contributed by atoms with Crippen LogP contribution in [0.2, 0.25) is 5.02 Å². The van der Waals surface area contributed by atoms with E-state index in [2.05, 4.69) is 17.2 Å². The van der Waals surface area contributed by atoms with Crippen LogP contribution in [-0.2, 0) is 12.7 Å². The number of alkyl halides is 3. The minimum atomic E-state index is -4.40. The summed E-state index contributed by atoms with van der Waals surface area (Å²) < 4.78 is 39.7. The maximum atomic E-state index is 12.6. The van der Waals surface area contributed by atoms with Gasteiger partial charge in [-0.3, -0.25) is 0 Å². The Morgan fingerprint density at radius 1 is 1.33 bits per heavy atom. The van der Waals surface area contributed by atoms with E-state index in [1.54, 1.807) is 6.20 Å². The summed E-state index contributed by atoms with van der Waals surface area (Å²) >= 11 is 5.91. The maximum absolute atomic E-state index is 12.6. The summed E-state index contributed by atoms with van der Waals surface area (Å²) in [7, 11) is 0. The van der Waals surface area contributed by atoms with Crippen molar-refractivity contribution in [2.24, 2.45) is 0 Å². The SMILES string of the molecule is CCCCn1ccnc1Nc1ccc(C(F)(F)F)cc1Cl. The van der Waals surface area contributed by atoms with E-state index in [-0.39, 0.29) is 5.02 Å². The highest BCUT2D eigenvalue weighted by Gasteiger charge is 2.30. The smallest absolute Gasteiger partial charge is 0.324 e. The number of aromatic nitrogens is 2. The normalized spacial score (nSPS) is 11.7. The average molecular weight is 318 g/mol. The van der Waals surface area contributed by atoms with Gasteiger partial charge in [0.05, 0.1) is 16.3 Å². The molecule has 2 aromatic rings. The molecule has 0 aliphatic rings. The van der Waals surface area contributed by atoms with Crippen molar-refractivity contribution >= 4 is 23.2 Å². The number of rotatable bonds is 5. The lowest BCUT2D eigenvalue weighted by Gasteiger charge is -2.12. The van der Waals surface area contributed by atoms with Crippen LogP contribution in [0.15, 0.2) is 30.6 Å². The van der Waals surface area contributed by atoms with Gasteiger partial charge in [0, 0.05) is 18.9 Å². The van der Waals surface area contributed by atoms with Gasteiger partial charge in [0.25, 0.3) is 0 Å². The quantitative estimate of drug-likeness (QED) is 0.831. The third kappa shape index (κ3) is 3.91. The second-order valence-electron chi connectivity index (χ2n) is 4.62. The third-order valence-corrected chi connectivity index (χ3v) is 3.32. The van der Waals surface area contributed by atoms with Crippen LogP contribution >= 0.6 is 11.6 Å². The lowest BCUT2D eigenvalue weighted by Crippen LogP contribution is -2.06. The number of anilines is 2. The van der Waals surface area contributed by atoms with Crippen molar-refractivity contribution in [2.75, 3.05) is 5.32 Å². The van der Waals surface area contributed by atoms with Crippen LogP contribution in [0.25, 0.3) is 0 Å². The van der Waals surface area contributed by atoms with E-state index in [1.807, 2.05) is 10.8 Å². The molecule has 0 spiro atoms. The zero-order valence-electron chi connectivity index (χ0n) is 11.4. The van der Waals surface area contributed by atoms with Crippen LogP contribution in [0, 0.1) is 0 Å². The molecule has 0 saturated heterocycles. The molecule has 21 heavy (non-hydrogen) atoms. The summed E-state index contributed by atoms with van der Waals surface area (Å²) in [6.45, 7) is 2.87. The van der Waals surface area contributed by atoms with Gasteiger partial charge in [-0.15, -0.1) is 0 Å². The molecule has 1 N–H and O–H groups in total. The van der Waals surface area contributed by atoms with Gasteiger partial charge in [-0.05, 0) is 24.6 Å². The second kappa shape index (κ2) is 6.39. The van der Waals surface area contributed by atoms with Crippen LogP contribution in [0.5, 0.6) is 0 Å². The van der Waals surface area contributed by atoms with E-state index in [4.69, 9.17) is 11.6 Å². The number of aryl methyl sites for hydroxylation is 1. The number of benzene rings is 1. The first-order valence-electron chi connectivity index (χ1n) is 6.56. The van der Waals surface area contributed by atoms with Crippen LogP contribution in [0.3, 0.4) is 0 Å². The standard InChI is InChI=1S/C14H15ClF3N3/c1-2-3-7-21-8-6-19-13(21)20-12-5-4-10(9-11(12)15)14(16,17)18/h4-6,8-9H,2-3,7H2,1H3,(H,19,20). The lowest BCUT2D eigenvalue weighted by molar-refractivity contribution is -0.137. The molecule has 114 valence electrons. The Hall–Kier alpha value is -1.69. The molecule has 0 bridgehead atoms. The molecule has 0 atom stereocenters. The second-order valence-corrected chi connectivity index (χ2v) is 5.02. The van der Waals surface area contributed by atoms with Crippen LogP contribution in [0.1, 0.15) is 25.3 Å². The van der Waals surface area contributed by atoms with Gasteiger partial charge < -0.3 is 9.88 Å². The largest absolute Gasteiger partial charge is 0.416 e. The Kier molecular flexibility index (Phi) is 4.77. The van der Waals surface area contributed by atoms with Gasteiger partial charge >= 0.3 is 6.18 Å². The topological polar surface area (TPSA) is 29.9 Å². The summed E-state index contributed by atoms with van der Waals surface area (Å²) in [5.41, 5.74) is -0.374. The van der Waals surface area contributed by atoms with Gasteiger partial charge in [-0.25, -0.2) is 4.98 Å². The summed E-state index contributed by atoms with van der Waals surface area (Å²) in [6.07, 6.45) is 1.08. The molecule has 0 saturated carbocycles. The van der Waals surface area contributed by atoms with Crippen molar-refractivity contribution in [1.29, 1.82) is 0 Å². The number of nitrogens with one attached hydrogen (secondary N) is 1. The molecule has 0 amide bonds. The van der Waals surface area contributed by atoms with Crippen molar-refractivity contribution in [3.05, 3.63) is 41.2 Å². The number of hydrogen-bond acceptors (Lipinski definition) is 2. The fourth-order valence-electron chi connectivity index (χ4n) is 1.86. The zero-order chi connectivity index (χ0) is 15.5. The van der Waals surface area contributed by atoms with Gasteiger partial charge in [-0.2, -0.15) is 13.2 Å². The summed E-state index contributed by atoms with van der Waals surface area (Å²) in [5.74, 6) is 0.560. The number of unbranched alkanes of at least 4 members (excludes halogenated alkanes) is 1. The minimum absolute atomic E-state index is 0.00914. The molecule has 0 unspecified atom stereocenters. The van der Waals surface area contributed by atoms with Crippen molar-refractivity contribution in [2.45, 2.75) is 32.5 Å². The van der Waals surface area contributed by atoms with E-state index in [0.717, 1.165) is 31.5 Å². The third-order valence-electron chi connectivity index (χ3n) is 3.01. The molecule has 1 aromatic heterocycles. The maximum Gasteiger partial charge on any atom is 0.416 e. The monoisotopic (exact) mass is 317 g/mol. The Labute approximate surface area is 125 Å². The first-order chi connectivity index (χ1) is 9.91. The minimum Gasteiger partial charge on any atom is -0.324 e. The van der Waals surface area contributed by atoms with Gasteiger partial charge in [0.15, 0.2) is 0 Å². The van der Waals surface area contributed by atoms with Crippen LogP contribution in [-0.4, -0.2) is 9.55 Å². The number of imidazole rings is 1. The van der Waals surface area contributed by atoms with Crippen LogP contribution in [0.4, 0.5) is 24.8 Å². The van der Waals surface area contributed by atoms with Gasteiger partial charge in [-0.1, -0.05) is 24.9 Å². The predicted octanol–water partition coefficient (Wildman–Crippen LogP) is 5.10. The van der Waals surface area contributed by atoms with Crippen molar-refractivity contribution in [1.82, 2.24) is 9.55 Å². The molecular formula is C14H15ClF3N3. The number of halogens is 4. The Morgan fingerprint density at radius 3 is 2.71 bits per heavy atom. The lowest BCUT2D eigenvalue weighted by atomic mass is 10.2. The zero-order valence-corrected chi connectivity index (χ0v) is 12.2. The predicted molar refractivity (Wildman–Crippen MR) is 76.9 cm³/mol. The number of nitrogens with zero attached hydrogens (tertiary/aromatic N) is 2. The van der Waals surface area contributed by atoms with Crippen LogP contribution < -0.4 is 5.32 Å². The van der Waals surface area contributed by atoms with E-state index < -0.39 is 11.7 Å². The molecule has 1 aromatic carbocycles. The average Bonchev–Trinajstić information content (AvgIpc) is 2.85. The highest BCUT2D eigenvalue weighted by molar-refractivity contribution is 6.33. The van der Waals surface area contributed by atoms with Gasteiger partial charge in [0.1, 0.15) is 0 Å². The van der Waals surface area contributed by atoms with E-state index in [1.165, 1.54) is 6.07 Å². The Morgan fingerprint density at radius 2 is 2.10 bits per heavy atom. The molecule has 0 aliphatic heterocycles. The summed E-state index contributed by atoms with van der Waals surface area (Å²) in [4.78, 5) is 4.15. The Balaban J connectivity index is 2.19. The fraction of sp³-hybridized carbons (Fsp3) is 0.357. The molecule has 7 heteroatoms. The number of hydrogen-bond donors (Lipinski definition) is 1. The highest BCUT2D eigenvalue weighted by Crippen LogP contribution is 2.34. The molecule has 3 nitrogen and oxygen atoms in total. The molecule has 0 fully saturated rings. The van der Waals surface area contributed by atoms with Crippen molar-refractivity contribution in [3.8, 4) is 0 Å². The van der Waals surface area contributed by atoms with Gasteiger partial charge in [0.2, 0.25) is 5.95 Å². The molecule has 0 aliphatic carbocycles.